The Morgan fingerprint density at radius 2 is 2.15 bits per heavy atom. The number of fused-ring (bicyclic) bond motifs is 1. The number of rotatable bonds is 5. The summed E-state index contributed by atoms with van der Waals surface area (Å²) in [6.07, 6.45) is 1.04. The lowest BCUT2D eigenvalue weighted by Gasteiger charge is -2.53. The summed E-state index contributed by atoms with van der Waals surface area (Å²) in [5.41, 5.74) is 2.08. The highest BCUT2D eigenvalue weighted by molar-refractivity contribution is 5.90. The van der Waals surface area contributed by atoms with E-state index in [-0.39, 0.29) is 23.6 Å². The van der Waals surface area contributed by atoms with Crippen molar-refractivity contribution in [3.05, 3.63) is 46.8 Å². The van der Waals surface area contributed by atoms with Crippen LogP contribution in [0.4, 0.5) is 0 Å². The summed E-state index contributed by atoms with van der Waals surface area (Å²) in [7, 11) is 0. The van der Waals surface area contributed by atoms with E-state index in [9.17, 15) is 4.79 Å². The molecule has 1 saturated heterocycles. The van der Waals surface area contributed by atoms with Crippen LogP contribution in [0.3, 0.4) is 0 Å². The van der Waals surface area contributed by atoms with Crippen molar-refractivity contribution in [3.63, 3.8) is 0 Å². The van der Waals surface area contributed by atoms with Crippen LogP contribution in [0, 0.1) is 25.2 Å². The number of hydrogen-bond donors (Lipinski definition) is 0. The topological polar surface area (TPSA) is 70.8 Å². The Hall–Kier alpha value is -2.34. The zero-order chi connectivity index (χ0) is 19.2. The van der Waals surface area contributed by atoms with Crippen molar-refractivity contribution in [2.45, 2.75) is 52.9 Å². The molecule has 6 heteroatoms. The van der Waals surface area contributed by atoms with E-state index in [4.69, 9.17) is 18.7 Å². The lowest BCUT2D eigenvalue weighted by atomic mass is 9.59. The number of carbonyl (C=O) groups is 1. The molecule has 1 aromatic carbocycles. The first-order chi connectivity index (χ1) is 12.9. The lowest BCUT2D eigenvalue weighted by Crippen LogP contribution is -2.61. The van der Waals surface area contributed by atoms with Gasteiger partial charge in [-0.25, -0.2) is 4.79 Å². The van der Waals surface area contributed by atoms with E-state index in [0.717, 1.165) is 30.0 Å². The standard InChI is InChI=1S/C21H25NO5/c1-12-17(13(2)27-22-12)11-25-15-7-5-6-14(10-15)20(23)26-19-16-8-9-24-18(16)21(19,3)4/h5-7,10,16,18-19H,8-9,11H2,1-4H3/t16-,18+,19+/m0/s1. The number of nitrogens with zero attached hydrogens (tertiary/aromatic N) is 1. The van der Waals surface area contributed by atoms with Crippen molar-refractivity contribution in [1.82, 2.24) is 5.16 Å². The fraction of sp³-hybridized carbons (Fsp3) is 0.524. The molecule has 4 rings (SSSR count). The van der Waals surface area contributed by atoms with Crippen LogP contribution < -0.4 is 4.74 Å². The van der Waals surface area contributed by atoms with E-state index in [1.54, 1.807) is 18.2 Å². The van der Waals surface area contributed by atoms with Gasteiger partial charge in [-0.15, -0.1) is 0 Å². The van der Waals surface area contributed by atoms with E-state index >= 15 is 0 Å². The summed E-state index contributed by atoms with van der Waals surface area (Å²) in [5, 5.41) is 3.92. The Balaban J connectivity index is 1.42. The quantitative estimate of drug-likeness (QED) is 0.744. The van der Waals surface area contributed by atoms with Gasteiger partial charge in [-0.05, 0) is 38.5 Å². The summed E-state index contributed by atoms with van der Waals surface area (Å²) < 4.78 is 22.6. The smallest absolute Gasteiger partial charge is 0.338 e. The minimum absolute atomic E-state index is 0.107. The highest BCUT2D eigenvalue weighted by Crippen LogP contribution is 2.53. The van der Waals surface area contributed by atoms with Crippen molar-refractivity contribution in [2.24, 2.45) is 11.3 Å². The van der Waals surface area contributed by atoms with Gasteiger partial charge >= 0.3 is 5.97 Å². The Morgan fingerprint density at radius 1 is 1.33 bits per heavy atom. The second-order valence-corrected chi connectivity index (χ2v) is 8.01. The number of aryl methyl sites for hydroxylation is 2. The molecule has 0 unspecified atom stereocenters. The minimum atomic E-state index is -0.318. The molecule has 0 radical (unpaired) electrons. The molecular formula is C21H25NO5. The molecule has 2 fully saturated rings. The summed E-state index contributed by atoms with van der Waals surface area (Å²) in [4.78, 5) is 12.7. The minimum Gasteiger partial charge on any atom is -0.489 e. The van der Waals surface area contributed by atoms with Gasteiger partial charge in [-0.2, -0.15) is 0 Å². The monoisotopic (exact) mass is 371 g/mol. The van der Waals surface area contributed by atoms with E-state index in [0.29, 0.717) is 23.8 Å². The highest BCUT2D eigenvalue weighted by atomic mass is 16.6. The largest absolute Gasteiger partial charge is 0.489 e. The van der Waals surface area contributed by atoms with E-state index in [1.807, 2.05) is 19.9 Å². The zero-order valence-electron chi connectivity index (χ0n) is 16.2. The maximum absolute atomic E-state index is 12.7. The average Bonchev–Trinajstić information content (AvgIpc) is 3.24. The molecule has 0 amide bonds. The lowest BCUT2D eigenvalue weighted by molar-refractivity contribution is -0.183. The first kappa shape index (κ1) is 18.0. The predicted octanol–water partition coefficient (Wildman–Crippen LogP) is 3.84. The SMILES string of the molecule is Cc1noc(C)c1COc1cccc(C(=O)O[C@@H]2[C@H]3CCO[C@H]3C2(C)C)c1. The summed E-state index contributed by atoms with van der Waals surface area (Å²) in [5.74, 6) is 1.34. The summed E-state index contributed by atoms with van der Waals surface area (Å²) in [6.45, 7) is 9.02. The molecule has 27 heavy (non-hydrogen) atoms. The van der Waals surface area contributed by atoms with Gasteiger partial charge in [0.05, 0.1) is 22.9 Å². The third-order valence-electron chi connectivity index (χ3n) is 5.86. The Morgan fingerprint density at radius 3 is 2.89 bits per heavy atom. The fourth-order valence-electron chi connectivity index (χ4n) is 4.28. The second-order valence-electron chi connectivity index (χ2n) is 8.01. The van der Waals surface area contributed by atoms with Gasteiger partial charge in [0, 0.05) is 17.9 Å². The molecule has 1 saturated carbocycles. The molecule has 0 bridgehead atoms. The van der Waals surface area contributed by atoms with Crippen LogP contribution in [-0.2, 0) is 16.1 Å². The number of benzene rings is 1. The molecule has 2 aliphatic rings. The van der Waals surface area contributed by atoms with Crippen LogP contribution in [0.1, 0.15) is 47.6 Å². The van der Waals surface area contributed by atoms with Gasteiger partial charge in [-0.3, -0.25) is 0 Å². The van der Waals surface area contributed by atoms with Crippen molar-refractivity contribution >= 4 is 5.97 Å². The molecule has 0 N–H and O–H groups in total. The first-order valence-corrected chi connectivity index (χ1v) is 9.35. The van der Waals surface area contributed by atoms with Gasteiger partial charge in [0.2, 0.25) is 0 Å². The third-order valence-corrected chi connectivity index (χ3v) is 5.86. The van der Waals surface area contributed by atoms with E-state index in [2.05, 4.69) is 19.0 Å². The Bertz CT molecular complexity index is 837. The highest BCUT2D eigenvalue weighted by Gasteiger charge is 2.61. The maximum Gasteiger partial charge on any atom is 0.338 e. The maximum atomic E-state index is 12.7. The molecule has 3 atom stereocenters. The molecule has 144 valence electrons. The van der Waals surface area contributed by atoms with Crippen LogP contribution >= 0.6 is 0 Å². The van der Waals surface area contributed by atoms with E-state index < -0.39 is 0 Å². The van der Waals surface area contributed by atoms with Crippen LogP contribution in [0.25, 0.3) is 0 Å². The van der Waals surface area contributed by atoms with Crippen molar-refractivity contribution in [3.8, 4) is 5.75 Å². The molecule has 0 spiro atoms. The fourth-order valence-corrected chi connectivity index (χ4v) is 4.28. The first-order valence-electron chi connectivity index (χ1n) is 9.35. The second kappa shape index (κ2) is 6.68. The molecular weight excluding hydrogens is 346 g/mol. The van der Waals surface area contributed by atoms with Crippen LogP contribution in [0.5, 0.6) is 5.75 Å². The van der Waals surface area contributed by atoms with Gasteiger partial charge in [0.25, 0.3) is 0 Å². The molecule has 1 aliphatic heterocycles. The van der Waals surface area contributed by atoms with Gasteiger partial charge in [0.15, 0.2) is 0 Å². The summed E-state index contributed by atoms with van der Waals surface area (Å²) >= 11 is 0. The van der Waals surface area contributed by atoms with Crippen molar-refractivity contribution < 1.29 is 23.5 Å². The van der Waals surface area contributed by atoms with Gasteiger partial charge in [-0.1, -0.05) is 25.1 Å². The predicted molar refractivity (Wildman–Crippen MR) is 97.6 cm³/mol. The Labute approximate surface area is 158 Å². The number of hydrogen-bond acceptors (Lipinski definition) is 6. The molecule has 6 nitrogen and oxygen atoms in total. The van der Waals surface area contributed by atoms with Crippen LogP contribution in [0.2, 0.25) is 0 Å². The zero-order valence-corrected chi connectivity index (χ0v) is 16.2. The van der Waals surface area contributed by atoms with E-state index in [1.165, 1.54) is 0 Å². The van der Waals surface area contributed by atoms with Crippen LogP contribution in [0.15, 0.2) is 28.8 Å². The normalized spacial score (nSPS) is 25.6. The number of esters is 1. The number of ether oxygens (including phenoxy) is 3. The van der Waals surface area contributed by atoms with Crippen molar-refractivity contribution in [1.29, 1.82) is 0 Å². The number of aromatic nitrogens is 1. The summed E-state index contributed by atoms with van der Waals surface area (Å²) in [6, 6.07) is 7.09. The van der Waals surface area contributed by atoms with Crippen LogP contribution in [-0.4, -0.2) is 29.9 Å². The average molecular weight is 371 g/mol. The third kappa shape index (κ3) is 3.12. The number of carbonyl (C=O) groups excluding carboxylic acids is 1. The molecule has 2 aromatic rings. The van der Waals surface area contributed by atoms with Crippen molar-refractivity contribution in [2.75, 3.05) is 6.61 Å². The van der Waals surface area contributed by atoms with Gasteiger partial charge < -0.3 is 18.7 Å². The molecule has 1 aromatic heterocycles. The molecule has 1 aliphatic carbocycles. The Kier molecular flexibility index (Phi) is 4.46. The molecule has 2 heterocycles. The van der Waals surface area contributed by atoms with Gasteiger partial charge in [0.1, 0.15) is 24.2 Å².